The molecule has 2 aromatic carbocycles. The van der Waals surface area contributed by atoms with Crippen molar-refractivity contribution in [2.45, 2.75) is 25.2 Å². The molecule has 0 N–H and O–H groups in total. The van der Waals surface area contributed by atoms with E-state index in [0.29, 0.717) is 36.2 Å². The number of aromatic nitrogens is 2. The lowest BCUT2D eigenvalue weighted by molar-refractivity contribution is -0.104. The Morgan fingerprint density at radius 3 is 2.90 bits per heavy atom. The van der Waals surface area contributed by atoms with Crippen LogP contribution in [0.25, 0.3) is 10.9 Å². The summed E-state index contributed by atoms with van der Waals surface area (Å²) in [6, 6.07) is 10.4. The van der Waals surface area contributed by atoms with Gasteiger partial charge in [-0.3, -0.25) is 0 Å². The fourth-order valence-electron chi connectivity index (χ4n) is 3.84. The highest BCUT2D eigenvalue weighted by Gasteiger charge is 2.32. The van der Waals surface area contributed by atoms with E-state index in [1.54, 1.807) is 11.0 Å². The minimum absolute atomic E-state index is 0.0294. The topological polar surface area (TPSA) is 65.8 Å². The lowest BCUT2D eigenvalue weighted by Gasteiger charge is -2.27. The zero-order chi connectivity index (χ0) is 21.4. The van der Waals surface area contributed by atoms with Gasteiger partial charge in [0.1, 0.15) is 17.7 Å². The van der Waals surface area contributed by atoms with Crippen LogP contribution in [-0.2, 0) is 9.47 Å². The Morgan fingerprint density at radius 1 is 1.26 bits per heavy atom. The summed E-state index contributed by atoms with van der Waals surface area (Å²) in [5.41, 5.74) is 1.66. The van der Waals surface area contributed by atoms with Crippen molar-refractivity contribution in [1.82, 2.24) is 14.7 Å². The van der Waals surface area contributed by atoms with Crippen LogP contribution < -0.4 is 4.74 Å². The summed E-state index contributed by atoms with van der Waals surface area (Å²) in [6.45, 7) is 2.14. The Kier molecular flexibility index (Phi) is 5.54. The monoisotopic (exact) mass is 489 g/mol. The average Bonchev–Trinajstić information content (AvgIpc) is 3.27. The van der Waals surface area contributed by atoms with Crippen molar-refractivity contribution in [2.75, 3.05) is 26.3 Å². The third-order valence-electron chi connectivity index (χ3n) is 5.50. The number of carbonyl (C=O) groups is 1. The molecule has 9 heteroatoms. The molecule has 2 unspecified atom stereocenters. The molecule has 31 heavy (non-hydrogen) atoms. The third-order valence-corrected chi connectivity index (χ3v) is 5.96. The highest BCUT2D eigenvalue weighted by molar-refractivity contribution is 9.10. The number of amides is 1. The average molecular weight is 490 g/mol. The van der Waals surface area contributed by atoms with E-state index in [1.807, 2.05) is 29.1 Å². The number of cyclic esters (lactones) is 1. The van der Waals surface area contributed by atoms with Gasteiger partial charge in [-0.1, -0.05) is 15.9 Å². The molecule has 162 valence electrons. The van der Waals surface area contributed by atoms with Crippen LogP contribution in [-0.4, -0.2) is 47.1 Å². The number of benzene rings is 2. The van der Waals surface area contributed by atoms with Crippen LogP contribution in [0, 0.1) is 5.82 Å². The lowest BCUT2D eigenvalue weighted by atomic mass is 10.1. The van der Waals surface area contributed by atoms with E-state index in [2.05, 4.69) is 21.0 Å². The van der Waals surface area contributed by atoms with Gasteiger partial charge in [0.05, 0.1) is 31.5 Å². The van der Waals surface area contributed by atoms with Crippen LogP contribution in [0.2, 0.25) is 0 Å². The van der Waals surface area contributed by atoms with E-state index < -0.39 is 12.2 Å². The minimum atomic E-state index is -0.473. The molecule has 5 rings (SSSR count). The number of nitrogens with zero attached hydrogens (tertiary/aromatic N) is 3. The molecule has 2 fully saturated rings. The van der Waals surface area contributed by atoms with Gasteiger partial charge >= 0.3 is 6.09 Å². The maximum absolute atomic E-state index is 13.6. The summed E-state index contributed by atoms with van der Waals surface area (Å²) in [4.78, 5) is 13.8. The quantitative estimate of drug-likeness (QED) is 0.445. The number of hydrogen-bond acceptors (Lipinski definition) is 5. The molecule has 0 radical (unpaired) electrons. The van der Waals surface area contributed by atoms with E-state index >= 15 is 0 Å². The molecule has 7 nitrogen and oxygen atoms in total. The zero-order valence-corrected chi connectivity index (χ0v) is 18.3. The highest BCUT2D eigenvalue weighted by atomic mass is 79.9. The number of rotatable bonds is 7. The van der Waals surface area contributed by atoms with Crippen LogP contribution in [0.1, 0.15) is 30.7 Å². The molecular weight excluding hydrogens is 469 g/mol. The van der Waals surface area contributed by atoms with Gasteiger partial charge in [0.2, 0.25) is 0 Å². The van der Waals surface area contributed by atoms with Crippen molar-refractivity contribution in [3.8, 4) is 5.75 Å². The van der Waals surface area contributed by atoms with Gasteiger partial charge in [-0.25, -0.2) is 13.9 Å². The Bertz CT molecular complexity index is 1100. The van der Waals surface area contributed by atoms with E-state index in [1.165, 1.54) is 12.1 Å². The zero-order valence-electron chi connectivity index (χ0n) is 16.7. The van der Waals surface area contributed by atoms with Crippen molar-refractivity contribution in [3.05, 3.63) is 58.4 Å². The summed E-state index contributed by atoms with van der Waals surface area (Å²) in [7, 11) is 0. The van der Waals surface area contributed by atoms with Gasteiger partial charge < -0.3 is 19.1 Å². The summed E-state index contributed by atoms with van der Waals surface area (Å²) < 4.78 is 32.9. The molecule has 0 spiro atoms. The van der Waals surface area contributed by atoms with E-state index in [-0.39, 0.29) is 12.0 Å². The number of ether oxygens (including phenoxy) is 3. The number of carbonyl (C=O) groups excluding carboxylic acids is 1. The fourth-order valence-corrected chi connectivity index (χ4v) is 4.32. The Morgan fingerprint density at radius 2 is 2.13 bits per heavy atom. The first-order valence-electron chi connectivity index (χ1n) is 10.2. The second-order valence-corrected chi connectivity index (χ2v) is 8.56. The number of hydrogen-bond donors (Lipinski definition) is 0. The predicted molar refractivity (Wildman–Crippen MR) is 114 cm³/mol. The van der Waals surface area contributed by atoms with E-state index in [9.17, 15) is 9.18 Å². The predicted octanol–water partition coefficient (Wildman–Crippen LogP) is 4.82. The summed E-state index contributed by atoms with van der Waals surface area (Å²) in [5.74, 6) is 0.392. The van der Waals surface area contributed by atoms with Gasteiger partial charge in [-0.05, 0) is 48.4 Å². The first-order chi connectivity index (χ1) is 15.1. The largest absolute Gasteiger partial charge is 0.494 e. The van der Waals surface area contributed by atoms with Crippen LogP contribution >= 0.6 is 15.9 Å². The van der Waals surface area contributed by atoms with Gasteiger partial charge in [0.25, 0.3) is 0 Å². The van der Waals surface area contributed by atoms with Gasteiger partial charge in [0.15, 0.2) is 6.23 Å². The second-order valence-electron chi connectivity index (χ2n) is 7.65. The molecule has 2 aliphatic rings. The molecular formula is C22H21BrFN3O4. The molecule has 0 saturated carbocycles. The van der Waals surface area contributed by atoms with Crippen molar-refractivity contribution in [1.29, 1.82) is 0 Å². The van der Waals surface area contributed by atoms with Crippen LogP contribution in [0.4, 0.5) is 9.18 Å². The van der Waals surface area contributed by atoms with Crippen molar-refractivity contribution < 1.29 is 23.4 Å². The molecule has 2 aliphatic heterocycles. The Labute approximate surface area is 186 Å². The molecule has 0 aliphatic carbocycles. The normalized spacial score (nSPS) is 20.7. The van der Waals surface area contributed by atoms with Crippen LogP contribution in [0.15, 0.2) is 47.1 Å². The van der Waals surface area contributed by atoms with Crippen LogP contribution in [0.5, 0.6) is 5.75 Å². The number of fused-ring (bicyclic) bond motifs is 1. The summed E-state index contributed by atoms with van der Waals surface area (Å²) >= 11 is 3.27. The first-order valence-corrected chi connectivity index (χ1v) is 11.0. The standard InChI is InChI=1S/C22H21BrFN3O4/c23-16-8-14(9-17(24)11-16)20-13-26(22(28)31-20)5-1-6-29-18-2-3-19-15(10-18)12-25-27(19)21-4-7-30-21/h2-3,8-12,20-21H,1,4-7,13H2. The Balaban J connectivity index is 1.13. The molecule has 3 aromatic rings. The van der Waals surface area contributed by atoms with E-state index in [4.69, 9.17) is 14.2 Å². The molecule has 1 amide bonds. The molecule has 3 heterocycles. The second kappa shape index (κ2) is 8.47. The van der Waals surface area contributed by atoms with E-state index in [0.717, 1.165) is 29.7 Å². The smallest absolute Gasteiger partial charge is 0.410 e. The molecule has 2 atom stereocenters. The highest BCUT2D eigenvalue weighted by Crippen LogP contribution is 2.30. The minimum Gasteiger partial charge on any atom is -0.494 e. The maximum Gasteiger partial charge on any atom is 0.410 e. The fraction of sp³-hybridized carbons (Fsp3) is 0.364. The lowest BCUT2D eigenvalue weighted by Crippen LogP contribution is -2.26. The summed E-state index contributed by atoms with van der Waals surface area (Å²) in [6.07, 6.45) is 2.61. The number of halogens is 2. The third kappa shape index (κ3) is 4.24. The van der Waals surface area contributed by atoms with Crippen molar-refractivity contribution >= 4 is 32.9 Å². The molecule has 0 bridgehead atoms. The van der Waals surface area contributed by atoms with Gasteiger partial charge in [-0.2, -0.15) is 5.10 Å². The van der Waals surface area contributed by atoms with Gasteiger partial charge in [0, 0.05) is 22.8 Å². The SMILES string of the molecule is O=C1OC(c2cc(F)cc(Br)c2)CN1CCCOc1ccc2c(cnn2C2CCO2)c1. The first kappa shape index (κ1) is 20.3. The summed E-state index contributed by atoms with van der Waals surface area (Å²) in [5, 5.41) is 5.41. The van der Waals surface area contributed by atoms with Crippen LogP contribution in [0.3, 0.4) is 0 Å². The van der Waals surface area contributed by atoms with Crippen molar-refractivity contribution in [2.24, 2.45) is 0 Å². The van der Waals surface area contributed by atoms with Gasteiger partial charge in [-0.15, -0.1) is 0 Å². The van der Waals surface area contributed by atoms with Crippen molar-refractivity contribution in [3.63, 3.8) is 0 Å². The maximum atomic E-state index is 13.6. The Hall–Kier alpha value is -2.65. The molecule has 1 aromatic heterocycles. The molecule has 2 saturated heterocycles.